The Morgan fingerprint density at radius 2 is 1.88 bits per heavy atom. The third kappa shape index (κ3) is 6.87. The molecule has 2 aliphatic heterocycles. The number of benzene rings is 1. The van der Waals surface area contributed by atoms with Gasteiger partial charge in [0.05, 0.1) is 0 Å². The minimum Gasteiger partial charge on any atom is -0.383 e. The van der Waals surface area contributed by atoms with Crippen LogP contribution in [0.3, 0.4) is 0 Å². The maximum Gasteiger partial charge on any atom is 0.240 e. The van der Waals surface area contributed by atoms with Crippen LogP contribution >= 0.6 is 11.8 Å². The largest absolute Gasteiger partial charge is 0.383 e. The second-order valence-corrected chi connectivity index (χ2v) is 11.1. The molecule has 7 nitrogen and oxygen atoms in total. The summed E-state index contributed by atoms with van der Waals surface area (Å²) in [4.78, 5) is 30.0. The molecule has 2 heterocycles. The Morgan fingerprint density at radius 3 is 2.48 bits per heavy atom. The number of rotatable bonds is 11. The molecule has 2 amide bonds. The van der Waals surface area contributed by atoms with Crippen LogP contribution in [0, 0.1) is 0 Å². The number of nitrogens with zero attached hydrogens (tertiary/aromatic N) is 2. The zero-order valence-corrected chi connectivity index (χ0v) is 21.4. The molecule has 0 radical (unpaired) electrons. The molecule has 0 saturated carbocycles. The highest BCUT2D eigenvalue weighted by Crippen LogP contribution is 2.33. The maximum absolute atomic E-state index is 13.0. The van der Waals surface area contributed by atoms with Crippen LogP contribution in [0.25, 0.3) is 0 Å². The third-order valence-corrected chi connectivity index (χ3v) is 8.35. The van der Waals surface area contributed by atoms with Gasteiger partial charge in [-0.3, -0.25) is 9.59 Å². The smallest absolute Gasteiger partial charge is 0.240 e. The normalized spacial score (nSPS) is 22.6. The van der Waals surface area contributed by atoms with Crippen LogP contribution in [-0.2, 0) is 16.0 Å². The van der Waals surface area contributed by atoms with Gasteiger partial charge in [-0.05, 0) is 77.2 Å². The number of nitrogens with two attached hydrogens (primary N) is 1. The Kier molecular flexibility index (Phi) is 9.07. The van der Waals surface area contributed by atoms with Crippen molar-refractivity contribution < 1.29 is 9.59 Å². The van der Waals surface area contributed by atoms with Crippen molar-refractivity contribution in [1.82, 2.24) is 15.1 Å². The first-order valence-corrected chi connectivity index (χ1v) is 13.3. The fourth-order valence-electron chi connectivity index (χ4n) is 4.29. The maximum atomic E-state index is 13.0. The molecule has 3 atom stereocenters. The van der Waals surface area contributed by atoms with E-state index >= 15 is 0 Å². The molecule has 0 bridgehead atoms. The van der Waals surface area contributed by atoms with E-state index in [1.54, 1.807) is 4.90 Å². The minimum absolute atomic E-state index is 0.0419. The molecule has 2 aliphatic rings. The first kappa shape index (κ1) is 25.8. The van der Waals surface area contributed by atoms with Gasteiger partial charge in [-0.25, -0.2) is 0 Å². The molecular weight excluding hydrogens is 434 g/mol. The summed E-state index contributed by atoms with van der Waals surface area (Å²) >= 11 is 1.49. The van der Waals surface area contributed by atoms with Gasteiger partial charge in [-0.15, -0.1) is 11.8 Å². The number of thioether (sulfide) groups is 1. The van der Waals surface area contributed by atoms with E-state index in [9.17, 15) is 9.59 Å². The lowest BCUT2D eigenvalue weighted by atomic mass is 10.0. The molecule has 4 N–H and O–H groups in total. The van der Waals surface area contributed by atoms with Crippen LogP contribution in [0.5, 0.6) is 0 Å². The summed E-state index contributed by atoms with van der Waals surface area (Å²) in [5.41, 5.74) is 8.35. The lowest BCUT2D eigenvalue weighted by molar-refractivity contribution is -0.131. The lowest BCUT2D eigenvalue weighted by Gasteiger charge is -2.31. The van der Waals surface area contributed by atoms with Gasteiger partial charge in [-0.1, -0.05) is 19.1 Å². The van der Waals surface area contributed by atoms with Crippen LogP contribution < -0.4 is 16.4 Å². The molecule has 1 aromatic rings. The van der Waals surface area contributed by atoms with Crippen molar-refractivity contribution in [3.8, 4) is 0 Å². The topological polar surface area (TPSA) is 90.7 Å². The van der Waals surface area contributed by atoms with Crippen molar-refractivity contribution in [2.24, 2.45) is 5.73 Å². The molecule has 0 aliphatic carbocycles. The number of carbonyl (C=O) groups is 2. The SMILES string of the molecule is CCN1C(=O)[C@@H](CNc2ccc(CCN3CCCC3)cc2)SC1[C@H](N)C(=O)NC(C)(C)CC. The van der Waals surface area contributed by atoms with Gasteiger partial charge in [-0.2, -0.15) is 0 Å². The van der Waals surface area contributed by atoms with Gasteiger partial charge < -0.3 is 26.2 Å². The van der Waals surface area contributed by atoms with E-state index in [0.29, 0.717) is 13.1 Å². The summed E-state index contributed by atoms with van der Waals surface area (Å²) in [5, 5.41) is 5.80. The van der Waals surface area contributed by atoms with E-state index < -0.39 is 6.04 Å². The fourth-order valence-corrected chi connectivity index (χ4v) is 5.75. The van der Waals surface area contributed by atoms with E-state index in [2.05, 4.69) is 39.8 Å². The second-order valence-electron chi connectivity index (χ2n) is 9.77. The first-order chi connectivity index (χ1) is 15.7. The van der Waals surface area contributed by atoms with Crippen LogP contribution in [0.4, 0.5) is 5.69 Å². The highest BCUT2D eigenvalue weighted by atomic mass is 32.2. The predicted octanol–water partition coefficient (Wildman–Crippen LogP) is 2.66. The number of amides is 2. The van der Waals surface area contributed by atoms with Crippen molar-refractivity contribution in [1.29, 1.82) is 0 Å². The Hall–Kier alpha value is -1.77. The van der Waals surface area contributed by atoms with Crippen molar-refractivity contribution in [2.75, 3.05) is 38.0 Å². The summed E-state index contributed by atoms with van der Waals surface area (Å²) in [7, 11) is 0. The van der Waals surface area contributed by atoms with Gasteiger partial charge in [0.15, 0.2) is 0 Å². The number of anilines is 1. The number of carbonyl (C=O) groups excluding carboxylic acids is 2. The summed E-state index contributed by atoms with van der Waals surface area (Å²) in [6.07, 6.45) is 4.52. The van der Waals surface area contributed by atoms with Gasteiger partial charge in [0, 0.05) is 30.9 Å². The number of hydrogen-bond donors (Lipinski definition) is 3. The van der Waals surface area contributed by atoms with E-state index in [-0.39, 0.29) is 28.0 Å². The van der Waals surface area contributed by atoms with Crippen molar-refractivity contribution >= 4 is 29.3 Å². The van der Waals surface area contributed by atoms with E-state index in [1.807, 2.05) is 27.7 Å². The van der Waals surface area contributed by atoms with Crippen molar-refractivity contribution in [2.45, 2.75) is 75.6 Å². The molecule has 33 heavy (non-hydrogen) atoms. The molecule has 184 valence electrons. The van der Waals surface area contributed by atoms with Crippen LogP contribution in [0.15, 0.2) is 24.3 Å². The Morgan fingerprint density at radius 1 is 1.21 bits per heavy atom. The number of nitrogens with one attached hydrogen (secondary N) is 2. The number of hydrogen-bond acceptors (Lipinski definition) is 6. The predicted molar refractivity (Wildman–Crippen MR) is 137 cm³/mol. The van der Waals surface area contributed by atoms with Crippen LogP contribution in [0.2, 0.25) is 0 Å². The van der Waals surface area contributed by atoms with Gasteiger partial charge in [0.1, 0.15) is 16.7 Å². The van der Waals surface area contributed by atoms with Crippen LogP contribution in [-0.4, -0.2) is 76.5 Å². The zero-order chi connectivity index (χ0) is 24.0. The second kappa shape index (κ2) is 11.6. The summed E-state index contributed by atoms with van der Waals surface area (Å²) < 4.78 is 0. The third-order valence-electron chi connectivity index (χ3n) is 6.83. The summed E-state index contributed by atoms with van der Waals surface area (Å²) in [6, 6.07) is 7.75. The summed E-state index contributed by atoms with van der Waals surface area (Å²) in [5.74, 6) is -0.163. The van der Waals surface area contributed by atoms with E-state index in [0.717, 1.165) is 25.1 Å². The first-order valence-electron chi connectivity index (χ1n) is 12.3. The highest BCUT2D eigenvalue weighted by Gasteiger charge is 2.44. The fraction of sp³-hybridized carbons (Fsp3) is 0.680. The standard InChI is InChI=1S/C25H41N5O2S/c1-5-25(3,4)28-22(31)21(26)24-30(6-2)23(32)20(33-24)17-27-19-11-9-18(10-12-19)13-16-29-14-7-8-15-29/h9-12,20-21,24,27H,5-8,13-17,26H2,1-4H3,(H,28,31)/t20-,21-,24?/m1/s1. The van der Waals surface area contributed by atoms with E-state index in [4.69, 9.17) is 5.73 Å². The highest BCUT2D eigenvalue weighted by molar-refractivity contribution is 8.01. The molecule has 1 aromatic carbocycles. The molecule has 0 aromatic heterocycles. The molecule has 2 fully saturated rings. The molecular formula is C25H41N5O2S. The minimum atomic E-state index is -0.760. The monoisotopic (exact) mass is 475 g/mol. The Bertz CT molecular complexity index is 794. The van der Waals surface area contributed by atoms with Gasteiger partial charge in [0.2, 0.25) is 11.8 Å². The molecule has 2 saturated heterocycles. The average Bonchev–Trinajstić information content (AvgIpc) is 3.43. The quantitative estimate of drug-likeness (QED) is 0.456. The Balaban J connectivity index is 1.52. The number of likely N-dealkylation sites (tertiary alicyclic amines) is 1. The molecule has 1 unspecified atom stereocenters. The van der Waals surface area contributed by atoms with Crippen molar-refractivity contribution in [3.63, 3.8) is 0 Å². The van der Waals surface area contributed by atoms with Gasteiger partial charge >= 0.3 is 0 Å². The summed E-state index contributed by atoms with van der Waals surface area (Å²) in [6.45, 7) is 12.5. The molecule has 3 rings (SSSR count). The van der Waals surface area contributed by atoms with Crippen LogP contribution in [0.1, 0.15) is 52.5 Å². The lowest BCUT2D eigenvalue weighted by Crippen LogP contribution is -2.56. The van der Waals surface area contributed by atoms with Crippen molar-refractivity contribution in [3.05, 3.63) is 29.8 Å². The molecule has 0 spiro atoms. The average molecular weight is 476 g/mol. The Labute approximate surface area is 203 Å². The number of likely N-dealkylation sites (N-methyl/N-ethyl adjacent to an activating group) is 1. The zero-order valence-electron chi connectivity index (χ0n) is 20.6. The molecule has 8 heteroatoms. The van der Waals surface area contributed by atoms with E-state index in [1.165, 1.54) is 43.3 Å². The van der Waals surface area contributed by atoms with Gasteiger partial charge in [0.25, 0.3) is 0 Å².